The Morgan fingerprint density at radius 1 is 1.17 bits per heavy atom. The fraction of sp³-hybridized carbons (Fsp3) is 0.950. The summed E-state index contributed by atoms with van der Waals surface area (Å²) in [7, 11) is 1.66. The van der Waals surface area contributed by atoms with Crippen LogP contribution in [0.5, 0.6) is 0 Å². The van der Waals surface area contributed by atoms with E-state index in [1.54, 1.807) is 12.2 Å². The molecule has 0 aliphatic carbocycles. The molecule has 0 aromatic carbocycles. The second-order valence-electron chi connectivity index (χ2n) is 9.87. The van der Waals surface area contributed by atoms with Crippen molar-refractivity contribution in [3.8, 4) is 0 Å². The van der Waals surface area contributed by atoms with E-state index in [2.05, 4.69) is 46.9 Å². The lowest BCUT2D eigenvalue weighted by Crippen LogP contribution is -2.66. The summed E-state index contributed by atoms with van der Waals surface area (Å²) in [5.41, 5.74) is -0.149. The average molecular weight is 339 g/mol. The summed E-state index contributed by atoms with van der Waals surface area (Å²) in [5, 5.41) is 5.47. The van der Waals surface area contributed by atoms with Crippen molar-refractivity contribution < 1.29 is 9.63 Å². The van der Waals surface area contributed by atoms with Gasteiger partial charge in [-0.1, -0.05) is 33.1 Å². The molecule has 2 saturated heterocycles. The van der Waals surface area contributed by atoms with Gasteiger partial charge in [-0.15, -0.1) is 0 Å². The van der Waals surface area contributed by atoms with Gasteiger partial charge in [0.05, 0.1) is 12.6 Å². The van der Waals surface area contributed by atoms with Crippen LogP contribution in [0.4, 0.5) is 0 Å². The zero-order chi connectivity index (χ0) is 18.2. The van der Waals surface area contributed by atoms with Crippen LogP contribution in [0.1, 0.15) is 86.5 Å². The van der Waals surface area contributed by atoms with E-state index in [9.17, 15) is 4.79 Å². The molecule has 1 spiro atoms. The minimum Gasteiger partial charge on any atom is -0.307 e. The van der Waals surface area contributed by atoms with Gasteiger partial charge in [-0.05, 0) is 59.3 Å². The number of carbonyl (C=O) groups is 1. The van der Waals surface area contributed by atoms with Gasteiger partial charge in [-0.3, -0.25) is 9.63 Å². The molecular formula is C20H38N2O2. The molecule has 2 heterocycles. The Hall–Kier alpha value is -0.610. The summed E-state index contributed by atoms with van der Waals surface area (Å²) in [4.78, 5) is 18.6. The smallest absolute Gasteiger partial charge is 0.249 e. The number of nitrogens with one attached hydrogen (secondary N) is 1. The molecule has 2 rings (SSSR count). The molecule has 4 nitrogen and oxygen atoms in total. The van der Waals surface area contributed by atoms with Gasteiger partial charge in [0.15, 0.2) is 0 Å². The van der Waals surface area contributed by atoms with Gasteiger partial charge in [-0.2, -0.15) is 0 Å². The number of amides is 1. The van der Waals surface area contributed by atoms with Gasteiger partial charge >= 0.3 is 0 Å². The predicted octanol–water partition coefficient (Wildman–Crippen LogP) is 4.29. The molecule has 1 N–H and O–H groups in total. The van der Waals surface area contributed by atoms with E-state index in [0.29, 0.717) is 0 Å². The van der Waals surface area contributed by atoms with Crippen LogP contribution in [-0.4, -0.2) is 34.7 Å². The van der Waals surface area contributed by atoms with Gasteiger partial charge < -0.3 is 5.32 Å². The van der Waals surface area contributed by atoms with E-state index in [1.807, 2.05) is 0 Å². The molecule has 0 aromatic rings. The van der Waals surface area contributed by atoms with Crippen LogP contribution in [0.15, 0.2) is 0 Å². The molecular weight excluding hydrogens is 300 g/mol. The lowest BCUT2D eigenvalue weighted by atomic mass is 9.69. The number of hydrogen-bond acceptors (Lipinski definition) is 3. The van der Waals surface area contributed by atoms with Crippen LogP contribution in [0.3, 0.4) is 0 Å². The predicted molar refractivity (Wildman–Crippen MR) is 98.5 cm³/mol. The molecule has 1 amide bonds. The van der Waals surface area contributed by atoms with Crippen LogP contribution < -0.4 is 5.32 Å². The summed E-state index contributed by atoms with van der Waals surface area (Å²) in [6, 6.07) is 0. The molecule has 0 aromatic heterocycles. The first kappa shape index (κ1) is 19.7. The Morgan fingerprint density at radius 3 is 2.25 bits per heavy atom. The van der Waals surface area contributed by atoms with Crippen LogP contribution in [-0.2, 0) is 9.63 Å². The molecule has 0 saturated carbocycles. The van der Waals surface area contributed by atoms with E-state index in [4.69, 9.17) is 4.84 Å². The largest absolute Gasteiger partial charge is 0.307 e. The van der Waals surface area contributed by atoms with Crippen LogP contribution in [0, 0.1) is 11.8 Å². The Morgan fingerprint density at radius 2 is 1.75 bits per heavy atom. The molecule has 24 heavy (non-hydrogen) atoms. The maximum absolute atomic E-state index is 12.9. The van der Waals surface area contributed by atoms with Crippen molar-refractivity contribution in [2.75, 3.05) is 7.11 Å². The highest BCUT2D eigenvalue weighted by Gasteiger charge is 2.58. The minimum atomic E-state index is -0.160. The minimum absolute atomic E-state index is 0.00530. The Balaban J connectivity index is 2.11. The van der Waals surface area contributed by atoms with E-state index >= 15 is 0 Å². The number of hydrogen-bond donors (Lipinski definition) is 1. The van der Waals surface area contributed by atoms with Crippen molar-refractivity contribution in [2.24, 2.45) is 11.8 Å². The maximum Gasteiger partial charge on any atom is 0.249 e. The molecule has 140 valence electrons. The van der Waals surface area contributed by atoms with Crippen LogP contribution in [0.25, 0.3) is 0 Å². The Kier molecular flexibility index (Phi) is 5.71. The third kappa shape index (κ3) is 4.32. The number of carbonyl (C=O) groups excluding carboxylic acids is 1. The highest BCUT2D eigenvalue weighted by molar-refractivity contribution is 5.81. The third-order valence-corrected chi connectivity index (χ3v) is 5.59. The number of hydroxylamine groups is 2. The van der Waals surface area contributed by atoms with Crippen molar-refractivity contribution in [1.29, 1.82) is 0 Å². The quantitative estimate of drug-likeness (QED) is 0.735. The summed E-state index contributed by atoms with van der Waals surface area (Å²) in [6.45, 7) is 13.5. The highest BCUT2D eigenvalue weighted by atomic mass is 16.7. The second kappa shape index (κ2) is 6.95. The molecule has 0 bridgehead atoms. The van der Waals surface area contributed by atoms with Crippen LogP contribution >= 0.6 is 0 Å². The number of nitrogens with zero attached hydrogens (tertiary/aromatic N) is 1. The van der Waals surface area contributed by atoms with Crippen LogP contribution in [0.2, 0.25) is 0 Å². The topological polar surface area (TPSA) is 41.6 Å². The monoisotopic (exact) mass is 338 g/mol. The fourth-order valence-electron chi connectivity index (χ4n) is 5.48. The molecule has 2 fully saturated rings. The van der Waals surface area contributed by atoms with Gasteiger partial charge in [-0.25, -0.2) is 5.06 Å². The summed E-state index contributed by atoms with van der Waals surface area (Å²) in [5.74, 6) is 1.08. The number of unbranched alkanes of at least 4 members (excludes halogenated alkanes) is 1. The van der Waals surface area contributed by atoms with E-state index in [1.165, 1.54) is 12.8 Å². The summed E-state index contributed by atoms with van der Waals surface area (Å²) in [6.07, 6.45) is 7.46. The van der Waals surface area contributed by atoms with Crippen molar-refractivity contribution in [3.63, 3.8) is 0 Å². The SMILES string of the molecule is CON1C(=O)C(CCCCC(C)C)CC12CC(C)(C)NC(C)(C)C2. The third-order valence-electron chi connectivity index (χ3n) is 5.59. The normalized spacial score (nSPS) is 28.1. The first-order valence-corrected chi connectivity index (χ1v) is 9.68. The van der Waals surface area contributed by atoms with E-state index in [-0.39, 0.29) is 28.4 Å². The first-order valence-electron chi connectivity index (χ1n) is 9.68. The lowest BCUT2D eigenvalue weighted by Gasteiger charge is -2.53. The van der Waals surface area contributed by atoms with Gasteiger partial charge in [0.1, 0.15) is 0 Å². The Bertz CT molecular complexity index is 441. The molecule has 0 radical (unpaired) electrons. The molecule has 1 atom stereocenters. The number of rotatable bonds is 6. The van der Waals surface area contributed by atoms with E-state index in [0.717, 1.165) is 38.0 Å². The Labute approximate surface area is 148 Å². The maximum atomic E-state index is 12.9. The molecule has 1 unspecified atom stereocenters. The van der Waals surface area contributed by atoms with Gasteiger partial charge in [0, 0.05) is 17.0 Å². The summed E-state index contributed by atoms with van der Waals surface area (Å²) < 4.78 is 0. The fourth-order valence-corrected chi connectivity index (χ4v) is 5.48. The average Bonchev–Trinajstić information content (AvgIpc) is 2.61. The van der Waals surface area contributed by atoms with Crippen molar-refractivity contribution in [2.45, 2.75) is 103 Å². The molecule has 4 heteroatoms. The summed E-state index contributed by atoms with van der Waals surface area (Å²) >= 11 is 0. The van der Waals surface area contributed by atoms with Crippen molar-refractivity contribution in [3.05, 3.63) is 0 Å². The zero-order valence-corrected chi connectivity index (χ0v) is 16.9. The molecule has 2 aliphatic rings. The second-order valence-corrected chi connectivity index (χ2v) is 9.87. The number of piperidine rings is 1. The molecule has 2 aliphatic heterocycles. The van der Waals surface area contributed by atoms with Crippen molar-refractivity contribution >= 4 is 5.91 Å². The zero-order valence-electron chi connectivity index (χ0n) is 16.9. The first-order chi connectivity index (χ1) is 11.0. The van der Waals surface area contributed by atoms with E-state index < -0.39 is 0 Å². The van der Waals surface area contributed by atoms with Gasteiger partial charge in [0.25, 0.3) is 0 Å². The van der Waals surface area contributed by atoms with Crippen molar-refractivity contribution in [1.82, 2.24) is 10.4 Å². The van der Waals surface area contributed by atoms with Gasteiger partial charge in [0.2, 0.25) is 5.91 Å². The highest BCUT2D eigenvalue weighted by Crippen LogP contribution is 2.49. The lowest BCUT2D eigenvalue weighted by molar-refractivity contribution is -0.208. The standard InChI is InChI=1S/C20H38N2O2/c1-15(2)10-8-9-11-16-12-20(22(24-7)17(16)23)13-18(3,4)21-19(5,6)14-20/h15-16,21H,8-14H2,1-7H3.